The zero-order valence-electron chi connectivity index (χ0n) is 13.5. The molecule has 124 valence electrons. The van der Waals surface area contributed by atoms with Crippen LogP contribution in [0, 0.1) is 5.92 Å². The van der Waals surface area contributed by atoms with Crippen molar-refractivity contribution in [2.45, 2.75) is 39.2 Å². The number of likely N-dealkylation sites (tertiary alicyclic amines) is 1. The van der Waals surface area contributed by atoms with Gasteiger partial charge in [0.05, 0.1) is 6.61 Å². The minimum atomic E-state index is 0. The summed E-state index contributed by atoms with van der Waals surface area (Å²) < 4.78 is 5.67. The number of hydrogen-bond donors (Lipinski definition) is 1. The van der Waals surface area contributed by atoms with Crippen LogP contribution in [0.25, 0.3) is 0 Å². The Kier molecular flexibility index (Phi) is 7.69. The summed E-state index contributed by atoms with van der Waals surface area (Å²) in [5.74, 6) is 1.54. The van der Waals surface area contributed by atoms with Gasteiger partial charge < -0.3 is 15.4 Å². The van der Waals surface area contributed by atoms with Crippen LogP contribution in [0.4, 0.5) is 0 Å². The molecule has 0 spiro atoms. The summed E-state index contributed by atoms with van der Waals surface area (Å²) in [7, 11) is 0. The van der Waals surface area contributed by atoms with Gasteiger partial charge in [-0.15, -0.1) is 12.4 Å². The maximum atomic E-state index is 12.5. The Labute approximate surface area is 139 Å². The van der Waals surface area contributed by atoms with Crippen molar-refractivity contribution >= 4 is 18.3 Å². The van der Waals surface area contributed by atoms with E-state index in [0.717, 1.165) is 31.6 Å². The molecule has 1 aliphatic rings. The molecule has 1 unspecified atom stereocenters. The topological polar surface area (TPSA) is 55.6 Å². The Morgan fingerprint density at radius 1 is 1.36 bits per heavy atom. The molecule has 4 nitrogen and oxygen atoms in total. The molecule has 1 amide bonds. The first kappa shape index (κ1) is 18.8. The van der Waals surface area contributed by atoms with Crippen molar-refractivity contribution in [3.63, 3.8) is 0 Å². The number of rotatable bonds is 6. The van der Waals surface area contributed by atoms with Crippen LogP contribution < -0.4 is 10.5 Å². The lowest BCUT2D eigenvalue weighted by Crippen LogP contribution is -2.39. The molecule has 1 fully saturated rings. The first-order chi connectivity index (χ1) is 10.1. The van der Waals surface area contributed by atoms with Crippen LogP contribution in [0.15, 0.2) is 24.3 Å². The van der Waals surface area contributed by atoms with Crippen LogP contribution in [0.1, 0.15) is 43.5 Å². The highest BCUT2D eigenvalue weighted by Crippen LogP contribution is 2.21. The first-order valence-corrected chi connectivity index (χ1v) is 7.85. The fraction of sp³-hybridized carbons (Fsp3) is 0.588. The van der Waals surface area contributed by atoms with Crippen LogP contribution >= 0.6 is 12.4 Å². The van der Waals surface area contributed by atoms with E-state index in [4.69, 9.17) is 10.5 Å². The number of amides is 1. The van der Waals surface area contributed by atoms with Gasteiger partial charge in [-0.25, -0.2) is 0 Å². The summed E-state index contributed by atoms with van der Waals surface area (Å²) in [6, 6.07) is 7.64. The summed E-state index contributed by atoms with van der Waals surface area (Å²) in [5.41, 5.74) is 6.44. The summed E-state index contributed by atoms with van der Waals surface area (Å²) in [6.07, 6.45) is 3.09. The normalized spacial score (nSPS) is 17.5. The molecule has 0 aromatic heterocycles. The van der Waals surface area contributed by atoms with Gasteiger partial charge in [0.25, 0.3) is 5.91 Å². The predicted octanol–water partition coefficient (Wildman–Crippen LogP) is 3.10. The molecule has 0 bridgehead atoms. The number of carbonyl (C=O) groups is 1. The predicted molar refractivity (Wildman–Crippen MR) is 91.8 cm³/mol. The molecule has 1 aliphatic heterocycles. The molecule has 1 atom stereocenters. The van der Waals surface area contributed by atoms with Crippen LogP contribution in [-0.4, -0.2) is 36.5 Å². The number of halogens is 1. The Morgan fingerprint density at radius 2 is 2.05 bits per heavy atom. The highest BCUT2D eigenvalue weighted by molar-refractivity contribution is 5.94. The van der Waals surface area contributed by atoms with Gasteiger partial charge in [0.1, 0.15) is 5.75 Å². The lowest BCUT2D eigenvalue weighted by atomic mass is 10.1. The average Bonchev–Trinajstić information content (AvgIpc) is 2.95. The third kappa shape index (κ3) is 4.89. The van der Waals surface area contributed by atoms with Crippen molar-refractivity contribution in [2.24, 2.45) is 11.7 Å². The molecular weight excluding hydrogens is 300 g/mol. The maximum absolute atomic E-state index is 12.5. The van der Waals surface area contributed by atoms with E-state index in [1.54, 1.807) is 0 Å². The number of nitrogens with two attached hydrogens (primary N) is 1. The molecule has 0 saturated carbocycles. The van der Waals surface area contributed by atoms with Crippen molar-refractivity contribution in [3.05, 3.63) is 29.8 Å². The van der Waals surface area contributed by atoms with Crippen molar-refractivity contribution in [2.75, 3.05) is 19.7 Å². The van der Waals surface area contributed by atoms with Gasteiger partial charge in [0, 0.05) is 24.7 Å². The molecule has 5 heteroatoms. The summed E-state index contributed by atoms with van der Waals surface area (Å²) in [5, 5.41) is 0. The summed E-state index contributed by atoms with van der Waals surface area (Å²) in [6.45, 7) is 6.42. The molecule has 0 radical (unpaired) electrons. The molecule has 2 N–H and O–H groups in total. The molecule has 1 aromatic rings. The van der Waals surface area contributed by atoms with Crippen molar-refractivity contribution in [1.29, 1.82) is 0 Å². The molecule has 2 rings (SSSR count). The standard InChI is InChI=1S/C17H26N2O2.ClH/c1-13(2)9-11-21-16-7-5-14(6-8-16)17(20)19-10-3-4-15(19)12-18;/h5-8,13,15H,3-4,9-12,18H2,1-2H3;1H. The third-order valence-corrected chi connectivity index (χ3v) is 3.98. The third-order valence-electron chi connectivity index (χ3n) is 3.98. The van der Waals surface area contributed by atoms with E-state index in [1.807, 2.05) is 29.2 Å². The van der Waals surface area contributed by atoms with E-state index in [1.165, 1.54) is 0 Å². The lowest BCUT2D eigenvalue weighted by Gasteiger charge is -2.23. The van der Waals surface area contributed by atoms with E-state index in [-0.39, 0.29) is 24.4 Å². The lowest BCUT2D eigenvalue weighted by molar-refractivity contribution is 0.0741. The van der Waals surface area contributed by atoms with Crippen LogP contribution in [-0.2, 0) is 0 Å². The number of hydrogen-bond acceptors (Lipinski definition) is 3. The SMILES string of the molecule is CC(C)CCOc1ccc(C(=O)N2CCCC2CN)cc1.Cl. The monoisotopic (exact) mass is 326 g/mol. The van der Waals surface area contributed by atoms with E-state index in [9.17, 15) is 4.79 Å². The minimum Gasteiger partial charge on any atom is -0.494 e. The van der Waals surface area contributed by atoms with Gasteiger partial charge in [0.2, 0.25) is 0 Å². The second-order valence-corrected chi connectivity index (χ2v) is 6.09. The fourth-order valence-corrected chi connectivity index (χ4v) is 2.62. The van der Waals surface area contributed by atoms with E-state index in [0.29, 0.717) is 24.6 Å². The molecule has 1 saturated heterocycles. The van der Waals surface area contributed by atoms with Gasteiger partial charge in [-0.05, 0) is 49.4 Å². The van der Waals surface area contributed by atoms with Crippen molar-refractivity contribution < 1.29 is 9.53 Å². The second-order valence-electron chi connectivity index (χ2n) is 6.09. The maximum Gasteiger partial charge on any atom is 0.254 e. The molecule has 1 aromatic carbocycles. The number of ether oxygens (including phenoxy) is 1. The Hall–Kier alpha value is -1.26. The van der Waals surface area contributed by atoms with E-state index >= 15 is 0 Å². The zero-order valence-corrected chi connectivity index (χ0v) is 14.3. The Bertz CT molecular complexity index is 462. The van der Waals surface area contributed by atoms with Crippen LogP contribution in [0.3, 0.4) is 0 Å². The van der Waals surface area contributed by atoms with Crippen molar-refractivity contribution in [3.8, 4) is 5.75 Å². The second kappa shape index (κ2) is 9.01. The van der Waals surface area contributed by atoms with Crippen molar-refractivity contribution in [1.82, 2.24) is 4.90 Å². The largest absolute Gasteiger partial charge is 0.494 e. The van der Waals surface area contributed by atoms with Gasteiger partial charge in [-0.3, -0.25) is 4.79 Å². The number of nitrogens with zero attached hydrogens (tertiary/aromatic N) is 1. The van der Waals surface area contributed by atoms with Gasteiger partial charge in [0.15, 0.2) is 0 Å². The molecule has 22 heavy (non-hydrogen) atoms. The first-order valence-electron chi connectivity index (χ1n) is 7.85. The molecule has 1 heterocycles. The van der Waals surface area contributed by atoms with Gasteiger partial charge >= 0.3 is 0 Å². The highest BCUT2D eigenvalue weighted by Gasteiger charge is 2.28. The summed E-state index contributed by atoms with van der Waals surface area (Å²) in [4.78, 5) is 14.4. The summed E-state index contributed by atoms with van der Waals surface area (Å²) >= 11 is 0. The van der Waals surface area contributed by atoms with Gasteiger partial charge in [-0.2, -0.15) is 0 Å². The zero-order chi connectivity index (χ0) is 15.2. The Morgan fingerprint density at radius 3 is 2.64 bits per heavy atom. The quantitative estimate of drug-likeness (QED) is 0.874. The number of benzene rings is 1. The molecular formula is C17H27ClN2O2. The minimum absolute atomic E-state index is 0. The fourth-order valence-electron chi connectivity index (χ4n) is 2.62. The van der Waals surface area contributed by atoms with Gasteiger partial charge in [-0.1, -0.05) is 13.8 Å². The van der Waals surface area contributed by atoms with E-state index < -0.39 is 0 Å². The van der Waals surface area contributed by atoms with E-state index in [2.05, 4.69) is 13.8 Å². The highest BCUT2D eigenvalue weighted by atomic mass is 35.5. The van der Waals surface area contributed by atoms with Crippen LogP contribution in [0.5, 0.6) is 5.75 Å². The Balaban J connectivity index is 0.00000242. The smallest absolute Gasteiger partial charge is 0.254 e. The average molecular weight is 327 g/mol. The van der Waals surface area contributed by atoms with Crippen LogP contribution in [0.2, 0.25) is 0 Å². The molecule has 0 aliphatic carbocycles. The number of carbonyl (C=O) groups excluding carboxylic acids is 1.